The highest BCUT2D eigenvalue weighted by Crippen LogP contribution is 2.16. The molecule has 0 aliphatic carbocycles. The van der Waals surface area contributed by atoms with E-state index in [0.717, 1.165) is 103 Å². The maximum absolute atomic E-state index is 12.9. The first-order valence-corrected chi connectivity index (χ1v) is 29.7. The number of hydrogen-bond acceptors (Lipinski definition) is 6. The number of hydrogen-bond donors (Lipinski definition) is 0. The van der Waals surface area contributed by atoms with Gasteiger partial charge in [0, 0.05) is 19.3 Å². The molecular formula is C65H110O6. The highest BCUT2D eigenvalue weighted by atomic mass is 16.6. The lowest BCUT2D eigenvalue weighted by Gasteiger charge is -2.18. The largest absolute Gasteiger partial charge is 0.462 e. The van der Waals surface area contributed by atoms with E-state index in [0.29, 0.717) is 19.3 Å². The fourth-order valence-electron chi connectivity index (χ4n) is 8.20. The van der Waals surface area contributed by atoms with Crippen molar-refractivity contribution >= 4 is 17.9 Å². The second kappa shape index (κ2) is 58.9. The molecule has 0 radical (unpaired) electrons. The monoisotopic (exact) mass is 987 g/mol. The molecule has 406 valence electrons. The predicted molar refractivity (Wildman–Crippen MR) is 307 cm³/mol. The van der Waals surface area contributed by atoms with Crippen LogP contribution in [0.2, 0.25) is 0 Å². The summed E-state index contributed by atoms with van der Waals surface area (Å²) in [6.07, 6.45) is 78.4. The summed E-state index contributed by atoms with van der Waals surface area (Å²) in [5, 5.41) is 0. The van der Waals surface area contributed by atoms with E-state index in [-0.39, 0.29) is 37.5 Å². The zero-order valence-electron chi connectivity index (χ0n) is 46.5. The first kappa shape index (κ1) is 67.3. The van der Waals surface area contributed by atoms with Crippen LogP contribution in [0.15, 0.2) is 97.2 Å². The van der Waals surface area contributed by atoms with Crippen LogP contribution < -0.4 is 0 Å². The van der Waals surface area contributed by atoms with E-state index in [1.54, 1.807) is 0 Å². The molecule has 0 bridgehead atoms. The minimum atomic E-state index is -0.812. The van der Waals surface area contributed by atoms with Crippen molar-refractivity contribution in [2.45, 2.75) is 284 Å². The molecule has 0 aromatic rings. The summed E-state index contributed by atoms with van der Waals surface area (Å²) in [6.45, 7) is 6.38. The van der Waals surface area contributed by atoms with Crippen LogP contribution in [0.25, 0.3) is 0 Å². The molecule has 1 atom stereocenters. The standard InChI is InChI=1S/C65H110O6/c1-4-7-10-13-16-19-22-25-28-31-32-35-37-40-43-46-49-52-55-58-64(67)70-61-62(71-65(68)59-56-53-50-47-44-41-38-34-30-27-24-21-18-15-12-9-6-3)60-69-63(66)57-54-51-48-45-42-39-36-33-29-26-23-20-17-14-11-8-5-2/h8-9,11-12,17-18,20-21,26-27,29-30,38,41,47,50,62H,4-7,10,13-16,19,22-25,28,31-37,39-40,42-46,48-49,51-61H2,1-3H3/b11-8-,12-9-,20-17-,21-18-,29-26-,30-27-,41-38-,50-47-. The van der Waals surface area contributed by atoms with Crippen LogP contribution in [0.5, 0.6) is 0 Å². The minimum Gasteiger partial charge on any atom is -0.462 e. The third-order valence-corrected chi connectivity index (χ3v) is 12.6. The number of carbonyl (C=O) groups is 3. The summed E-state index contributed by atoms with van der Waals surface area (Å²) >= 11 is 0. The van der Waals surface area contributed by atoms with Gasteiger partial charge in [0.25, 0.3) is 0 Å². The predicted octanol–water partition coefficient (Wildman–Crippen LogP) is 20.1. The molecule has 6 nitrogen and oxygen atoms in total. The highest BCUT2D eigenvalue weighted by molar-refractivity contribution is 5.71. The number of rotatable bonds is 53. The molecule has 0 aromatic heterocycles. The Labute approximate surface area is 438 Å². The number of unbranched alkanes of at least 4 members (excludes halogenated alkanes) is 26. The van der Waals surface area contributed by atoms with Crippen LogP contribution in [-0.4, -0.2) is 37.2 Å². The molecule has 6 heteroatoms. The van der Waals surface area contributed by atoms with Gasteiger partial charge in [-0.15, -0.1) is 0 Å². The molecule has 71 heavy (non-hydrogen) atoms. The lowest BCUT2D eigenvalue weighted by atomic mass is 10.0. The number of esters is 3. The molecule has 0 heterocycles. The van der Waals surface area contributed by atoms with Gasteiger partial charge in [0.2, 0.25) is 0 Å². The van der Waals surface area contributed by atoms with Crippen LogP contribution in [0.4, 0.5) is 0 Å². The second-order valence-electron chi connectivity index (χ2n) is 19.5. The molecule has 0 rings (SSSR count). The molecule has 0 N–H and O–H groups in total. The molecule has 0 saturated carbocycles. The normalized spacial score (nSPS) is 12.8. The lowest BCUT2D eigenvalue weighted by Crippen LogP contribution is -2.30. The molecule has 0 amide bonds. The molecular weight excluding hydrogens is 877 g/mol. The maximum atomic E-state index is 12.9. The van der Waals surface area contributed by atoms with Crippen molar-refractivity contribution in [3.8, 4) is 0 Å². The number of ether oxygens (including phenoxy) is 3. The van der Waals surface area contributed by atoms with Gasteiger partial charge in [-0.05, 0) is 89.9 Å². The van der Waals surface area contributed by atoms with Gasteiger partial charge < -0.3 is 14.2 Å². The zero-order valence-corrected chi connectivity index (χ0v) is 46.5. The van der Waals surface area contributed by atoms with Crippen molar-refractivity contribution in [2.75, 3.05) is 13.2 Å². The number of carbonyl (C=O) groups excluding carboxylic acids is 3. The Kier molecular flexibility index (Phi) is 55.9. The minimum absolute atomic E-state index is 0.102. The third-order valence-electron chi connectivity index (χ3n) is 12.6. The van der Waals surface area contributed by atoms with Crippen LogP contribution in [0.3, 0.4) is 0 Å². The zero-order chi connectivity index (χ0) is 51.4. The Morgan fingerprint density at radius 1 is 0.296 bits per heavy atom. The summed E-state index contributed by atoms with van der Waals surface area (Å²) in [4.78, 5) is 38.2. The van der Waals surface area contributed by atoms with Crippen molar-refractivity contribution < 1.29 is 28.6 Å². The molecule has 0 saturated heterocycles. The Hall–Kier alpha value is -3.67. The van der Waals surface area contributed by atoms with Gasteiger partial charge in [0.1, 0.15) is 13.2 Å². The SMILES string of the molecule is CC/C=C\C/C=C\C/C=C\C/C=C\C/C=C\CCCC(=O)OC(COC(=O)CCCCCCCCC/C=C\C/C=C\C/C=C\CC)COC(=O)CCCCCCCCCCCCCCCCCCCCC. The van der Waals surface area contributed by atoms with E-state index in [4.69, 9.17) is 14.2 Å². The molecule has 0 fully saturated rings. The van der Waals surface area contributed by atoms with E-state index in [2.05, 4.69) is 118 Å². The Balaban J connectivity index is 4.45. The average Bonchev–Trinajstić information content (AvgIpc) is 3.37. The van der Waals surface area contributed by atoms with Crippen molar-refractivity contribution in [3.63, 3.8) is 0 Å². The fourth-order valence-corrected chi connectivity index (χ4v) is 8.20. The van der Waals surface area contributed by atoms with Crippen molar-refractivity contribution in [2.24, 2.45) is 0 Å². The summed E-state index contributed by atoms with van der Waals surface area (Å²) in [5.74, 6) is -0.963. The van der Waals surface area contributed by atoms with Crippen LogP contribution >= 0.6 is 0 Å². The molecule has 0 spiro atoms. The Morgan fingerprint density at radius 2 is 0.563 bits per heavy atom. The smallest absolute Gasteiger partial charge is 0.306 e. The second-order valence-corrected chi connectivity index (χ2v) is 19.5. The van der Waals surface area contributed by atoms with Crippen LogP contribution in [0, 0.1) is 0 Å². The Bertz CT molecular complexity index is 1410. The van der Waals surface area contributed by atoms with Crippen molar-refractivity contribution in [3.05, 3.63) is 97.2 Å². The van der Waals surface area contributed by atoms with E-state index < -0.39 is 6.10 Å². The summed E-state index contributed by atoms with van der Waals surface area (Å²) < 4.78 is 16.8. The first-order valence-electron chi connectivity index (χ1n) is 29.7. The fraction of sp³-hybridized carbons (Fsp3) is 0.708. The summed E-state index contributed by atoms with van der Waals surface area (Å²) in [7, 11) is 0. The van der Waals surface area contributed by atoms with Gasteiger partial charge in [-0.25, -0.2) is 0 Å². The Morgan fingerprint density at radius 3 is 0.901 bits per heavy atom. The number of allylic oxidation sites excluding steroid dienone is 16. The summed E-state index contributed by atoms with van der Waals surface area (Å²) in [6, 6.07) is 0. The molecule has 0 aromatic carbocycles. The van der Waals surface area contributed by atoms with E-state index in [1.807, 2.05) is 0 Å². The van der Waals surface area contributed by atoms with E-state index in [1.165, 1.54) is 128 Å². The summed E-state index contributed by atoms with van der Waals surface area (Å²) in [5.41, 5.74) is 0. The van der Waals surface area contributed by atoms with Gasteiger partial charge >= 0.3 is 17.9 Å². The molecule has 0 aliphatic heterocycles. The van der Waals surface area contributed by atoms with Crippen LogP contribution in [-0.2, 0) is 28.6 Å². The van der Waals surface area contributed by atoms with Gasteiger partial charge in [-0.1, -0.05) is 266 Å². The first-order chi connectivity index (χ1) is 35.0. The van der Waals surface area contributed by atoms with E-state index >= 15 is 0 Å². The lowest BCUT2D eigenvalue weighted by molar-refractivity contribution is -0.167. The topological polar surface area (TPSA) is 78.9 Å². The highest BCUT2D eigenvalue weighted by Gasteiger charge is 2.19. The van der Waals surface area contributed by atoms with Gasteiger partial charge in [-0.3, -0.25) is 14.4 Å². The maximum Gasteiger partial charge on any atom is 0.306 e. The molecule has 1 unspecified atom stereocenters. The van der Waals surface area contributed by atoms with Crippen molar-refractivity contribution in [1.29, 1.82) is 0 Å². The van der Waals surface area contributed by atoms with Gasteiger partial charge in [-0.2, -0.15) is 0 Å². The van der Waals surface area contributed by atoms with E-state index in [9.17, 15) is 14.4 Å². The van der Waals surface area contributed by atoms with Crippen molar-refractivity contribution in [1.82, 2.24) is 0 Å². The van der Waals surface area contributed by atoms with Crippen LogP contribution in [0.1, 0.15) is 278 Å². The van der Waals surface area contributed by atoms with Gasteiger partial charge in [0.05, 0.1) is 0 Å². The average molecular weight is 988 g/mol. The molecule has 0 aliphatic rings. The third kappa shape index (κ3) is 57.1. The van der Waals surface area contributed by atoms with Gasteiger partial charge in [0.15, 0.2) is 6.10 Å². The quantitative estimate of drug-likeness (QED) is 0.0261.